The minimum absolute atomic E-state index is 0.114. The zero-order valence-corrected chi connectivity index (χ0v) is 20.1. The molecule has 0 spiro atoms. The molecular weight excluding hydrogens is 432 g/mol. The van der Waals surface area contributed by atoms with E-state index < -0.39 is 7.29 Å². The number of piperidine rings is 1. The third-order valence-electron chi connectivity index (χ3n) is 6.25. The lowest BCUT2D eigenvalue weighted by Gasteiger charge is -2.66. The lowest BCUT2D eigenvalue weighted by atomic mass is 9.61. The van der Waals surface area contributed by atoms with Crippen LogP contribution in [-0.4, -0.2) is 16.3 Å². The molecule has 1 saturated carbocycles. The van der Waals surface area contributed by atoms with Crippen molar-refractivity contribution in [1.82, 2.24) is 4.67 Å². The summed E-state index contributed by atoms with van der Waals surface area (Å²) in [5.41, 5.74) is 1.86. The molecule has 0 N–H and O–H groups in total. The fourth-order valence-corrected chi connectivity index (χ4v) is 9.47. The SMILES string of the molecule is CC1(C)CC2CC(C)(C1)N2P(=O)(/C=C(\Cl)c1ccccc1)/C=C(\Cl)c1ccccc1. The summed E-state index contributed by atoms with van der Waals surface area (Å²) in [5.74, 6) is 3.50. The molecule has 2 saturated heterocycles. The van der Waals surface area contributed by atoms with Crippen molar-refractivity contribution in [3.8, 4) is 0 Å². The number of hydrogen-bond acceptors (Lipinski definition) is 1. The Kier molecular flexibility index (Phi) is 5.83. The van der Waals surface area contributed by atoms with Crippen LogP contribution >= 0.6 is 30.5 Å². The average molecular weight is 460 g/mol. The monoisotopic (exact) mass is 459 g/mol. The topological polar surface area (TPSA) is 20.3 Å². The fraction of sp³-hybridized carbons (Fsp3) is 0.360. The van der Waals surface area contributed by atoms with E-state index in [0.29, 0.717) is 10.1 Å². The maximum Gasteiger partial charge on any atom is 0.197 e. The Bertz CT molecular complexity index is 972. The van der Waals surface area contributed by atoms with Crippen molar-refractivity contribution < 1.29 is 4.57 Å². The van der Waals surface area contributed by atoms with Gasteiger partial charge in [-0.3, -0.25) is 4.57 Å². The Morgan fingerprint density at radius 3 is 1.80 bits per heavy atom. The summed E-state index contributed by atoms with van der Waals surface area (Å²) < 4.78 is 16.8. The zero-order chi connectivity index (χ0) is 21.6. The largest absolute Gasteiger partial charge is 0.297 e. The van der Waals surface area contributed by atoms with E-state index >= 15 is 0 Å². The van der Waals surface area contributed by atoms with Crippen LogP contribution in [0.2, 0.25) is 0 Å². The van der Waals surface area contributed by atoms with Gasteiger partial charge in [0.15, 0.2) is 7.29 Å². The van der Waals surface area contributed by atoms with E-state index in [-0.39, 0.29) is 17.0 Å². The van der Waals surface area contributed by atoms with Crippen LogP contribution in [0.4, 0.5) is 0 Å². The van der Waals surface area contributed by atoms with Crippen LogP contribution in [-0.2, 0) is 4.57 Å². The van der Waals surface area contributed by atoms with Gasteiger partial charge in [-0.25, -0.2) is 4.67 Å². The standard InChI is InChI=1S/C25H28Cl2NOP/c1-24(2)14-21-15-25(3,18-24)28(21)30(29,16-22(26)19-10-6-4-7-11-19)17-23(27)20-12-8-5-9-13-20/h4-13,16-17,21H,14-15,18H2,1-3H3/b22-16-,23-17-. The number of rotatable bonds is 5. The molecule has 2 aromatic carbocycles. The summed E-state index contributed by atoms with van der Waals surface area (Å²) in [4.78, 5) is 0. The summed E-state index contributed by atoms with van der Waals surface area (Å²) in [6.07, 6.45) is 3.10. The molecule has 0 radical (unpaired) electrons. The zero-order valence-electron chi connectivity index (χ0n) is 17.7. The Hall–Kier alpha value is -1.31. The predicted octanol–water partition coefficient (Wildman–Crippen LogP) is 8.39. The van der Waals surface area contributed by atoms with Crippen LogP contribution in [0.25, 0.3) is 10.1 Å². The molecule has 0 amide bonds. The molecule has 1 aliphatic carbocycles. The molecule has 2 heterocycles. The van der Waals surface area contributed by atoms with Gasteiger partial charge in [0.05, 0.1) is 10.1 Å². The van der Waals surface area contributed by atoms with Crippen LogP contribution in [0.15, 0.2) is 72.3 Å². The van der Waals surface area contributed by atoms with Crippen LogP contribution < -0.4 is 0 Å². The van der Waals surface area contributed by atoms with Gasteiger partial charge in [-0.15, -0.1) is 0 Å². The second-order valence-electron chi connectivity index (χ2n) is 9.60. The Morgan fingerprint density at radius 2 is 1.37 bits per heavy atom. The van der Waals surface area contributed by atoms with E-state index in [1.165, 1.54) is 0 Å². The minimum Gasteiger partial charge on any atom is -0.297 e. The van der Waals surface area contributed by atoms with Crippen LogP contribution in [0.1, 0.15) is 51.2 Å². The second-order valence-corrected chi connectivity index (χ2v) is 12.7. The molecule has 5 rings (SSSR count). The molecule has 158 valence electrons. The number of benzene rings is 2. The van der Waals surface area contributed by atoms with Gasteiger partial charge < -0.3 is 0 Å². The highest BCUT2D eigenvalue weighted by molar-refractivity contribution is 7.68. The second kappa shape index (κ2) is 7.99. The van der Waals surface area contributed by atoms with Crippen LogP contribution in [0.5, 0.6) is 0 Å². The molecule has 5 heteroatoms. The van der Waals surface area contributed by atoms with E-state index in [2.05, 4.69) is 25.4 Å². The summed E-state index contributed by atoms with van der Waals surface area (Å²) in [6, 6.07) is 19.7. The summed E-state index contributed by atoms with van der Waals surface area (Å²) >= 11 is 13.4. The molecule has 2 bridgehead atoms. The lowest BCUT2D eigenvalue weighted by molar-refractivity contribution is -0.0838. The van der Waals surface area contributed by atoms with E-state index in [1.807, 2.05) is 60.7 Å². The highest BCUT2D eigenvalue weighted by Gasteiger charge is 2.60. The predicted molar refractivity (Wildman–Crippen MR) is 130 cm³/mol. The van der Waals surface area contributed by atoms with Gasteiger partial charge in [-0.05, 0) is 42.7 Å². The Morgan fingerprint density at radius 1 is 0.900 bits per heavy atom. The molecular formula is C25H28Cl2NOP. The maximum atomic E-state index is 14.6. The van der Waals surface area contributed by atoms with Gasteiger partial charge in [0.2, 0.25) is 0 Å². The van der Waals surface area contributed by atoms with Crippen molar-refractivity contribution in [3.63, 3.8) is 0 Å². The molecule has 0 aromatic heterocycles. The van der Waals surface area contributed by atoms with Crippen molar-refractivity contribution >= 4 is 40.6 Å². The smallest absolute Gasteiger partial charge is 0.197 e. The molecule has 3 fully saturated rings. The summed E-state index contributed by atoms with van der Waals surface area (Å²) in [7, 11) is -3.12. The Balaban J connectivity index is 1.79. The van der Waals surface area contributed by atoms with E-state index in [4.69, 9.17) is 23.2 Å². The maximum absolute atomic E-state index is 14.6. The molecule has 30 heavy (non-hydrogen) atoms. The number of hydrogen-bond donors (Lipinski definition) is 0. The normalized spacial score (nSPS) is 26.9. The van der Waals surface area contributed by atoms with Crippen molar-refractivity contribution in [2.75, 3.05) is 0 Å². The molecule has 2 unspecified atom stereocenters. The molecule has 3 aliphatic rings. The van der Waals surface area contributed by atoms with Gasteiger partial charge in [0.25, 0.3) is 0 Å². The average Bonchev–Trinajstić information content (AvgIpc) is 2.67. The van der Waals surface area contributed by atoms with E-state index in [0.717, 1.165) is 30.4 Å². The van der Waals surface area contributed by atoms with E-state index in [9.17, 15) is 4.57 Å². The van der Waals surface area contributed by atoms with Gasteiger partial charge in [-0.2, -0.15) is 0 Å². The van der Waals surface area contributed by atoms with Gasteiger partial charge >= 0.3 is 0 Å². The minimum atomic E-state index is -3.12. The molecule has 2 atom stereocenters. The summed E-state index contributed by atoms with van der Waals surface area (Å²) in [6.45, 7) is 6.84. The van der Waals surface area contributed by atoms with Crippen molar-refractivity contribution in [3.05, 3.63) is 83.4 Å². The third kappa shape index (κ3) is 4.21. The van der Waals surface area contributed by atoms with Gasteiger partial charge in [0, 0.05) is 23.2 Å². The number of fused-ring (bicyclic) bond motifs is 2. The first-order valence-electron chi connectivity index (χ1n) is 10.4. The molecule has 2 nitrogen and oxygen atoms in total. The third-order valence-corrected chi connectivity index (χ3v) is 9.95. The van der Waals surface area contributed by atoms with Crippen LogP contribution in [0.3, 0.4) is 0 Å². The number of nitrogens with zero attached hydrogens (tertiary/aromatic N) is 1. The highest BCUT2D eigenvalue weighted by Crippen LogP contribution is 2.70. The van der Waals surface area contributed by atoms with Crippen molar-refractivity contribution in [1.29, 1.82) is 0 Å². The number of halogens is 2. The fourth-order valence-electron chi connectivity index (χ4n) is 5.53. The first-order valence-corrected chi connectivity index (χ1v) is 12.9. The highest BCUT2D eigenvalue weighted by atomic mass is 35.5. The lowest BCUT2D eigenvalue weighted by Crippen LogP contribution is -2.68. The quantitative estimate of drug-likeness (QED) is 0.418. The first-order chi connectivity index (χ1) is 14.1. The Labute approximate surface area is 190 Å². The first kappa shape index (κ1) is 21.9. The van der Waals surface area contributed by atoms with Crippen LogP contribution in [0, 0.1) is 5.41 Å². The van der Waals surface area contributed by atoms with Gasteiger partial charge in [0.1, 0.15) is 0 Å². The van der Waals surface area contributed by atoms with Crippen molar-refractivity contribution in [2.24, 2.45) is 5.41 Å². The molecule has 2 aliphatic heterocycles. The van der Waals surface area contributed by atoms with Gasteiger partial charge in [-0.1, -0.05) is 97.7 Å². The van der Waals surface area contributed by atoms with E-state index in [1.54, 1.807) is 11.6 Å². The molecule has 2 aromatic rings. The van der Waals surface area contributed by atoms with Crippen molar-refractivity contribution in [2.45, 2.75) is 51.6 Å². The summed E-state index contributed by atoms with van der Waals surface area (Å²) in [5, 5.41) is 1.00.